The molecule has 0 aliphatic rings. The molecule has 134 valence electrons. The van der Waals surface area contributed by atoms with Gasteiger partial charge in [-0.1, -0.05) is 11.3 Å². The lowest BCUT2D eigenvalue weighted by atomic mass is 10.2. The van der Waals surface area contributed by atoms with E-state index in [2.05, 4.69) is 25.6 Å². The second-order valence-corrected chi connectivity index (χ2v) is 5.55. The third-order valence-electron chi connectivity index (χ3n) is 3.73. The molecule has 0 aliphatic carbocycles. The predicted molar refractivity (Wildman–Crippen MR) is 92.8 cm³/mol. The van der Waals surface area contributed by atoms with E-state index < -0.39 is 11.8 Å². The van der Waals surface area contributed by atoms with Crippen LogP contribution in [-0.2, 0) is 0 Å². The summed E-state index contributed by atoms with van der Waals surface area (Å²) in [4.78, 5) is 19.4. The number of anilines is 2. The maximum absolute atomic E-state index is 13.5. The van der Waals surface area contributed by atoms with E-state index >= 15 is 0 Å². The highest BCUT2D eigenvalue weighted by Gasteiger charge is 2.13. The number of halogens is 1. The highest BCUT2D eigenvalue weighted by Crippen LogP contribution is 2.24. The van der Waals surface area contributed by atoms with Crippen molar-refractivity contribution >= 4 is 28.8 Å². The number of carboxylic acids is 1. The molecule has 0 aliphatic heterocycles. The molecule has 2 aromatic carbocycles. The molecule has 4 aromatic rings. The van der Waals surface area contributed by atoms with Crippen molar-refractivity contribution in [3.05, 3.63) is 60.0 Å². The number of aromatic carboxylic acids is 1. The van der Waals surface area contributed by atoms with Crippen molar-refractivity contribution in [3.63, 3.8) is 0 Å². The fraction of sp³-hybridized carbons (Fsp3) is 0. The number of aromatic nitrogens is 5. The molecule has 9 nitrogen and oxygen atoms in total. The highest BCUT2D eigenvalue weighted by molar-refractivity contribution is 5.91. The van der Waals surface area contributed by atoms with Gasteiger partial charge in [-0.2, -0.15) is 9.67 Å². The third kappa shape index (κ3) is 3.11. The number of fused-ring (bicyclic) bond motifs is 1. The molecule has 0 atom stereocenters. The van der Waals surface area contributed by atoms with Crippen LogP contribution in [0.1, 0.15) is 10.4 Å². The largest absolute Gasteiger partial charge is 0.507 e. The summed E-state index contributed by atoms with van der Waals surface area (Å²) in [5, 5.41) is 29.5. The first-order chi connectivity index (χ1) is 13.0. The van der Waals surface area contributed by atoms with Gasteiger partial charge in [0.2, 0.25) is 5.95 Å². The number of aromatic hydroxyl groups is 1. The van der Waals surface area contributed by atoms with Crippen molar-refractivity contribution in [1.29, 1.82) is 0 Å². The van der Waals surface area contributed by atoms with Crippen molar-refractivity contribution in [2.24, 2.45) is 0 Å². The Balaban J connectivity index is 1.70. The minimum absolute atomic E-state index is 0.171. The van der Waals surface area contributed by atoms with E-state index in [-0.39, 0.29) is 17.3 Å². The summed E-state index contributed by atoms with van der Waals surface area (Å²) in [6.45, 7) is 0. The van der Waals surface area contributed by atoms with Crippen LogP contribution in [0.25, 0.3) is 16.9 Å². The molecule has 2 aromatic heterocycles. The van der Waals surface area contributed by atoms with Gasteiger partial charge in [-0.25, -0.2) is 14.2 Å². The minimum atomic E-state index is -1.23. The first kappa shape index (κ1) is 16.4. The number of carbonyl (C=O) groups is 1. The second-order valence-electron chi connectivity index (χ2n) is 5.55. The van der Waals surface area contributed by atoms with Gasteiger partial charge in [0, 0.05) is 11.8 Å². The summed E-state index contributed by atoms with van der Waals surface area (Å²) in [5.74, 6) is -1.87. The summed E-state index contributed by atoms with van der Waals surface area (Å²) in [5.41, 5.74) is 1.39. The fourth-order valence-electron chi connectivity index (χ4n) is 2.49. The number of phenols is 1. The van der Waals surface area contributed by atoms with Crippen molar-refractivity contribution in [3.8, 4) is 11.4 Å². The maximum Gasteiger partial charge on any atom is 0.339 e. The Labute approximate surface area is 150 Å². The van der Waals surface area contributed by atoms with E-state index in [1.807, 2.05) is 0 Å². The molecular weight excluding hydrogens is 355 g/mol. The summed E-state index contributed by atoms with van der Waals surface area (Å²) in [6.07, 6.45) is 1.44. The van der Waals surface area contributed by atoms with Crippen LogP contribution in [0.5, 0.6) is 5.75 Å². The lowest BCUT2D eigenvalue weighted by Crippen LogP contribution is -2.02. The number of rotatable bonds is 4. The summed E-state index contributed by atoms with van der Waals surface area (Å²) >= 11 is 0. The smallest absolute Gasteiger partial charge is 0.339 e. The molecule has 3 N–H and O–H groups in total. The number of nitrogens with zero attached hydrogens (tertiary/aromatic N) is 5. The average Bonchev–Trinajstić information content (AvgIpc) is 3.05. The molecule has 4 rings (SSSR count). The van der Waals surface area contributed by atoms with Crippen LogP contribution in [0.2, 0.25) is 0 Å². The first-order valence-corrected chi connectivity index (χ1v) is 7.69. The summed E-state index contributed by atoms with van der Waals surface area (Å²) in [6, 6.07) is 9.80. The van der Waals surface area contributed by atoms with Gasteiger partial charge in [0.05, 0.1) is 11.9 Å². The van der Waals surface area contributed by atoms with E-state index in [9.17, 15) is 14.3 Å². The molecule has 0 saturated heterocycles. The minimum Gasteiger partial charge on any atom is -0.507 e. The zero-order valence-electron chi connectivity index (χ0n) is 13.5. The first-order valence-electron chi connectivity index (χ1n) is 7.69. The van der Waals surface area contributed by atoms with E-state index in [0.717, 1.165) is 0 Å². The van der Waals surface area contributed by atoms with Crippen molar-refractivity contribution in [2.75, 3.05) is 5.32 Å². The molecule has 0 fully saturated rings. The Bertz CT molecular complexity index is 1180. The molecule has 0 spiro atoms. The standard InChI is InChI=1S/C17H11FN6O3/c18-9-2-1-3-11(6-9)24-15-13(22-23-24)8-19-17(21-15)20-10-4-5-12(16(26)27)14(25)7-10/h1-8,25H,(H,26,27)(H,19,20,21). The van der Waals surface area contributed by atoms with Gasteiger partial charge in [0.1, 0.15) is 17.1 Å². The molecule has 2 heterocycles. The topological polar surface area (TPSA) is 126 Å². The van der Waals surface area contributed by atoms with Crippen LogP contribution in [0, 0.1) is 5.82 Å². The second kappa shape index (κ2) is 6.33. The van der Waals surface area contributed by atoms with Crippen LogP contribution in [-0.4, -0.2) is 41.1 Å². The van der Waals surface area contributed by atoms with Gasteiger partial charge in [0.25, 0.3) is 0 Å². The molecule has 0 bridgehead atoms. The van der Waals surface area contributed by atoms with Crippen LogP contribution in [0.3, 0.4) is 0 Å². The number of hydrogen-bond donors (Lipinski definition) is 3. The van der Waals surface area contributed by atoms with Gasteiger partial charge < -0.3 is 15.5 Å². The quantitative estimate of drug-likeness (QED) is 0.503. The Hall–Kier alpha value is -4.08. The number of hydrogen-bond acceptors (Lipinski definition) is 7. The van der Waals surface area contributed by atoms with E-state index in [0.29, 0.717) is 22.5 Å². The number of carboxylic acid groups (broad SMARTS) is 1. The maximum atomic E-state index is 13.5. The zero-order chi connectivity index (χ0) is 19.0. The lowest BCUT2D eigenvalue weighted by Gasteiger charge is -2.07. The average molecular weight is 366 g/mol. The summed E-state index contributed by atoms with van der Waals surface area (Å²) < 4.78 is 14.9. The van der Waals surface area contributed by atoms with Crippen LogP contribution >= 0.6 is 0 Å². The normalized spacial score (nSPS) is 10.9. The third-order valence-corrected chi connectivity index (χ3v) is 3.73. The fourth-order valence-corrected chi connectivity index (χ4v) is 2.49. The van der Waals surface area contributed by atoms with Crippen molar-refractivity contribution in [1.82, 2.24) is 25.0 Å². The molecule has 0 amide bonds. The van der Waals surface area contributed by atoms with Crippen molar-refractivity contribution < 1.29 is 19.4 Å². The lowest BCUT2D eigenvalue weighted by molar-refractivity contribution is 0.0694. The van der Waals surface area contributed by atoms with Crippen molar-refractivity contribution in [2.45, 2.75) is 0 Å². The van der Waals surface area contributed by atoms with E-state index in [4.69, 9.17) is 5.11 Å². The molecule has 0 radical (unpaired) electrons. The van der Waals surface area contributed by atoms with Gasteiger partial charge in [0.15, 0.2) is 11.2 Å². The van der Waals surface area contributed by atoms with Gasteiger partial charge in [-0.05, 0) is 30.3 Å². The Kier molecular flexibility index (Phi) is 3.84. The van der Waals surface area contributed by atoms with Crippen LogP contribution < -0.4 is 5.32 Å². The Morgan fingerprint density at radius 3 is 2.78 bits per heavy atom. The molecule has 0 unspecified atom stereocenters. The van der Waals surface area contributed by atoms with Gasteiger partial charge in [-0.15, -0.1) is 5.10 Å². The number of benzene rings is 2. The van der Waals surface area contributed by atoms with E-state index in [1.54, 1.807) is 12.1 Å². The Morgan fingerprint density at radius 2 is 2.04 bits per heavy atom. The SMILES string of the molecule is O=C(O)c1ccc(Nc2ncc3nnn(-c4cccc(F)c4)c3n2)cc1O. The zero-order valence-corrected chi connectivity index (χ0v) is 13.5. The molecule has 27 heavy (non-hydrogen) atoms. The molecular formula is C17H11FN6O3. The molecule has 0 saturated carbocycles. The monoisotopic (exact) mass is 366 g/mol. The Morgan fingerprint density at radius 1 is 1.19 bits per heavy atom. The summed E-state index contributed by atoms with van der Waals surface area (Å²) in [7, 11) is 0. The number of nitrogens with one attached hydrogen (secondary N) is 1. The van der Waals surface area contributed by atoms with Crippen LogP contribution in [0.4, 0.5) is 16.0 Å². The molecule has 10 heteroatoms. The van der Waals surface area contributed by atoms with Crippen LogP contribution in [0.15, 0.2) is 48.7 Å². The van der Waals surface area contributed by atoms with Gasteiger partial charge in [-0.3, -0.25) is 0 Å². The van der Waals surface area contributed by atoms with E-state index in [1.165, 1.54) is 41.2 Å². The predicted octanol–water partition coefficient (Wildman–Crippen LogP) is 2.50. The highest BCUT2D eigenvalue weighted by atomic mass is 19.1. The van der Waals surface area contributed by atoms with Gasteiger partial charge >= 0.3 is 5.97 Å².